The van der Waals surface area contributed by atoms with Crippen LogP contribution in [0, 0.1) is 0 Å². The lowest BCUT2D eigenvalue weighted by Crippen LogP contribution is -2.46. The normalized spacial score (nSPS) is 16.3. The Balaban J connectivity index is 0.000000414. The molecule has 33 heavy (non-hydrogen) atoms. The molecule has 0 amide bonds. The van der Waals surface area contributed by atoms with Gasteiger partial charge in [0.2, 0.25) is 0 Å². The lowest BCUT2D eigenvalue weighted by Gasteiger charge is -2.39. The Kier molecular flexibility index (Phi) is 10.5. The first-order valence-corrected chi connectivity index (χ1v) is 12.0. The predicted octanol–water partition coefficient (Wildman–Crippen LogP) is 4.93. The summed E-state index contributed by atoms with van der Waals surface area (Å²) < 4.78 is 60.5. The fourth-order valence-corrected chi connectivity index (χ4v) is 4.08. The van der Waals surface area contributed by atoms with Crippen molar-refractivity contribution in [1.29, 1.82) is 0 Å². The van der Waals surface area contributed by atoms with Crippen molar-refractivity contribution >= 4 is 25.3 Å². The Bertz CT molecular complexity index is 892. The van der Waals surface area contributed by atoms with Gasteiger partial charge in [0.1, 0.15) is 0 Å². The number of piperazine rings is 1. The first-order chi connectivity index (χ1) is 15.7. The number of halogens is 3. The van der Waals surface area contributed by atoms with Gasteiger partial charge < -0.3 is 30.3 Å². The van der Waals surface area contributed by atoms with Crippen molar-refractivity contribution in [3.63, 3.8) is 0 Å². The van der Waals surface area contributed by atoms with E-state index in [0.29, 0.717) is 38.5 Å². The van der Waals surface area contributed by atoms with Gasteiger partial charge in [-0.3, -0.25) is 4.57 Å². The average molecular weight is 488 g/mol. The second kappa shape index (κ2) is 12.8. The van der Waals surface area contributed by atoms with Crippen molar-refractivity contribution < 1.29 is 26.8 Å². The number of hydrogen-bond donors (Lipinski definition) is 3. The number of benzene rings is 2. The van der Waals surface area contributed by atoms with Crippen molar-refractivity contribution in [1.82, 2.24) is 5.32 Å². The van der Waals surface area contributed by atoms with E-state index in [1.54, 1.807) is 20.9 Å². The van der Waals surface area contributed by atoms with Gasteiger partial charge in [-0.2, -0.15) is 13.2 Å². The molecule has 1 aliphatic rings. The molecular formula is C22H32F3N4O3P. The summed E-state index contributed by atoms with van der Waals surface area (Å²) in [5, 5.41) is 6.14. The summed E-state index contributed by atoms with van der Waals surface area (Å²) in [6.07, 6.45) is -4.47. The van der Waals surface area contributed by atoms with E-state index in [2.05, 4.69) is 19.7 Å². The highest BCUT2D eigenvalue weighted by Gasteiger charge is 2.38. The third-order valence-electron chi connectivity index (χ3n) is 5.00. The average Bonchev–Trinajstić information content (AvgIpc) is 2.80. The molecular weight excluding hydrogens is 456 g/mol. The Morgan fingerprint density at radius 2 is 1.82 bits per heavy atom. The molecule has 1 aliphatic heterocycles. The molecule has 1 atom stereocenters. The number of nitrogens with zero attached hydrogens (tertiary/aromatic N) is 1. The predicted molar refractivity (Wildman–Crippen MR) is 127 cm³/mol. The van der Waals surface area contributed by atoms with Crippen LogP contribution in [0.4, 0.5) is 30.2 Å². The summed E-state index contributed by atoms with van der Waals surface area (Å²) in [7, 11) is -0.493. The van der Waals surface area contributed by atoms with Gasteiger partial charge in [-0.1, -0.05) is 30.3 Å². The molecule has 2 aromatic carbocycles. The molecule has 1 unspecified atom stereocenters. The molecule has 1 heterocycles. The van der Waals surface area contributed by atoms with Crippen LogP contribution >= 0.6 is 8.25 Å². The highest BCUT2D eigenvalue weighted by atomic mass is 31.1. The van der Waals surface area contributed by atoms with Crippen LogP contribution in [-0.4, -0.2) is 39.9 Å². The van der Waals surface area contributed by atoms with E-state index < -0.39 is 20.0 Å². The second-order valence-electron chi connectivity index (χ2n) is 7.14. The number of rotatable bonds is 7. The minimum absolute atomic E-state index is 0.0879. The SMILES string of the molecule is CCO[PH](=O)OCC.CNc1cc(N2CCNCC2c2ccccc2)c(C(F)(F)F)cc1N. The zero-order valence-corrected chi connectivity index (χ0v) is 20.0. The van der Waals surface area contributed by atoms with Gasteiger partial charge in [0, 0.05) is 26.7 Å². The molecule has 0 radical (unpaired) electrons. The van der Waals surface area contributed by atoms with Crippen molar-refractivity contribution in [2.45, 2.75) is 26.1 Å². The maximum Gasteiger partial charge on any atom is 0.418 e. The van der Waals surface area contributed by atoms with Gasteiger partial charge in [0.15, 0.2) is 0 Å². The number of nitrogens with two attached hydrogens (primary N) is 1. The Morgan fingerprint density at radius 3 is 2.36 bits per heavy atom. The zero-order chi connectivity index (χ0) is 24.4. The van der Waals surface area contributed by atoms with Crippen LogP contribution in [-0.2, 0) is 19.8 Å². The Morgan fingerprint density at radius 1 is 1.18 bits per heavy atom. The number of nitrogen functional groups attached to an aromatic ring is 1. The van der Waals surface area contributed by atoms with Crippen LogP contribution in [0.5, 0.6) is 0 Å². The molecule has 0 saturated carbocycles. The van der Waals surface area contributed by atoms with Crippen LogP contribution in [0.3, 0.4) is 0 Å². The van der Waals surface area contributed by atoms with E-state index >= 15 is 0 Å². The third-order valence-corrected chi connectivity index (χ3v) is 6.05. The number of alkyl halides is 3. The van der Waals surface area contributed by atoms with Crippen LogP contribution < -0.4 is 21.3 Å². The molecule has 0 aromatic heterocycles. The van der Waals surface area contributed by atoms with Gasteiger partial charge in [0.05, 0.1) is 41.9 Å². The van der Waals surface area contributed by atoms with E-state index in [9.17, 15) is 17.7 Å². The number of hydrogen-bond acceptors (Lipinski definition) is 7. The molecule has 1 saturated heterocycles. The highest BCUT2D eigenvalue weighted by Crippen LogP contribution is 2.43. The van der Waals surface area contributed by atoms with Gasteiger partial charge in [0.25, 0.3) is 0 Å². The third kappa shape index (κ3) is 7.64. The van der Waals surface area contributed by atoms with Gasteiger partial charge in [-0.25, -0.2) is 0 Å². The van der Waals surface area contributed by atoms with Crippen molar-refractivity contribution in [3.8, 4) is 0 Å². The van der Waals surface area contributed by atoms with E-state index in [0.717, 1.165) is 11.6 Å². The number of nitrogens with one attached hydrogen (secondary N) is 2. The molecule has 0 bridgehead atoms. The van der Waals surface area contributed by atoms with E-state index in [4.69, 9.17) is 5.73 Å². The summed E-state index contributed by atoms with van der Waals surface area (Å²) in [4.78, 5) is 1.81. The monoisotopic (exact) mass is 488 g/mol. The first kappa shape index (κ1) is 27.0. The zero-order valence-electron chi connectivity index (χ0n) is 19.0. The second-order valence-corrected chi connectivity index (χ2v) is 8.22. The van der Waals surface area contributed by atoms with E-state index in [-0.39, 0.29) is 17.4 Å². The highest BCUT2D eigenvalue weighted by molar-refractivity contribution is 7.33. The maximum absolute atomic E-state index is 13.6. The van der Waals surface area contributed by atoms with Crippen molar-refractivity contribution in [2.24, 2.45) is 0 Å². The molecule has 0 aliphatic carbocycles. The van der Waals surface area contributed by atoms with Gasteiger partial charge in [-0.05, 0) is 31.5 Å². The first-order valence-electron chi connectivity index (χ1n) is 10.7. The molecule has 1 fully saturated rings. The van der Waals surface area contributed by atoms with E-state index in [1.807, 2.05) is 35.2 Å². The summed E-state index contributed by atoms with van der Waals surface area (Å²) in [6, 6.07) is 11.9. The van der Waals surface area contributed by atoms with Crippen molar-refractivity contribution in [2.75, 3.05) is 55.8 Å². The summed E-state index contributed by atoms with van der Waals surface area (Å²) >= 11 is 0. The summed E-state index contributed by atoms with van der Waals surface area (Å²) in [5.74, 6) is 0. The summed E-state index contributed by atoms with van der Waals surface area (Å²) in [6.45, 7) is 6.16. The fourth-order valence-electron chi connectivity index (χ4n) is 3.53. The smallest absolute Gasteiger partial charge is 0.397 e. The molecule has 3 rings (SSSR count). The van der Waals surface area contributed by atoms with Crippen LogP contribution in [0.15, 0.2) is 42.5 Å². The minimum atomic E-state index is -4.47. The molecule has 7 nitrogen and oxygen atoms in total. The standard InChI is InChI=1S/C18H21F3N4.C4H11O3P/c1-23-15-10-16(13(9-14(15)22)18(19,20)21)25-8-7-24-11-17(25)12-5-3-2-4-6-12;1-3-6-8(5)7-4-2/h2-6,9-10,17,23-24H,7-8,11,22H2,1H3;8H,3-4H2,1-2H3. The van der Waals surface area contributed by atoms with Crippen molar-refractivity contribution in [3.05, 3.63) is 53.6 Å². The largest absolute Gasteiger partial charge is 0.418 e. The van der Waals surface area contributed by atoms with Gasteiger partial charge in [-0.15, -0.1) is 0 Å². The van der Waals surface area contributed by atoms with E-state index in [1.165, 1.54) is 6.07 Å². The Labute approximate surface area is 193 Å². The minimum Gasteiger partial charge on any atom is -0.397 e. The molecule has 11 heteroatoms. The summed E-state index contributed by atoms with van der Waals surface area (Å²) in [5.41, 5.74) is 6.79. The van der Waals surface area contributed by atoms with Crippen LogP contribution in [0.25, 0.3) is 0 Å². The quantitative estimate of drug-likeness (QED) is 0.376. The fraction of sp³-hybridized carbons (Fsp3) is 0.455. The van der Waals surface area contributed by atoms with Crippen LogP contribution in [0.1, 0.15) is 31.0 Å². The molecule has 2 aromatic rings. The Hall–Kier alpha value is -2.26. The molecule has 0 spiro atoms. The maximum atomic E-state index is 13.6. The lowest BCUT2D eigenvalue weighted by atomic mass is 10.00. The molecule has 4 N–H and O–H groups in total. The van der Waals surface area contributed by atoms with Gasteiger partial charge >= 0.3 is 14.4 Å². The molecule has 184 valence electrons. The number of anilines is 3. The topological polar surface area (TPSA) is 88.9 Å². The van der Waals surface area contributed by atoms with Crippen LogP contribution in [0.2, 0.25) is 0 Å². The lowest BCUT2D eigenvalue weighted by molar-refractivity contribution is -0.137.